The minimum absolute atomic E-state index is 0.0459. The lowest BCUT2D eigenvalue weighted by Crippen LogP contribution is -2.59. The van der Waals surface area contributed by atoms with Crippen molar-refractivity contribution in [2.45, 2.75) is 57.3 Å². The maximum atomic E-state index is 13.7. The van der Waals surface area contributed by atoms with Crippen LogP contribution in [0.5, 0.6) is 5.75 Å². The summed E-state index contributed by atoms with van der Waals surface area (Å²) in [5.74, 6) is -3.42. The van der Waals surface area contributed by atoms with Gasteiger partial charge in [-0.3, -0.25) is 14.4 Å². The molecule has 4 aromatic rings. The van der Waals surface area contributed by atoms with Gasteiger partial charge in [-0.25, -0.2) is 4.79 Å². The highest BCUT2D eigenvalue weighted by Gasteiger charge is 2.32. The number of fused-ring (bicyclic) bond motifs is 1. The summed E-state index contributed by atoms with van der Waals surface area (Å²) in [6.07, 6.45) is 2.13. The van der Waals surface area contributed by atoms with E-state index in [1.807, 2.05) is 30.3 Å². The molecule has 0 fully saturated rings. The Bertz CT molecular complexity index is 1620. The first-order chi connectivity index (χ1) is 21.5. The molecule has 0 radical (unpaired) electrons. The third-order valence-electron chi connectivity index (χ3n) is 7.60. The highest BCUT2D eigenvalue weighted by molar-refractivity contribution is 5.94. The van der Waals surface area contributed by atoms with Crippen LogP contribution in [0.3, 0.4) is 0 Å². The smallest absolute Gasteiger partial charge is 0.326 e. The number of rotatable bonds is 14. The number of para-hydroxylation sites is 1. The van der Waals surface area contributed by atoms with E-state index in [9.17, 15) is 29.4 Å². The minimum Gasteiger partial charge on any atom is -0.508 e. The van der Waals surface area contributed by atoms with Crippen molar-refractivity contribution in [3.63, 3.8) is 0 Å². The van der Waals surface area contributed by atoms with Gasteiger partial charge < -0.3 is 36.9 Å². The Morgan fingerprint density at radius 2 is 1.33 bits per heavy atom. The number of H-pyrrole nitrogens is 1. The molecule has 0 aliphatic carbocycles. The van der Waals surface area contributed by atoms with Crippen molar-refractivity contribution in [3.05, 3.63) is 102 Å². The molecule has 4 atom stereocenters. The van der Waals surface area contributed by atoms with E-state index in [-0.39, 0.29) is 25.0 Å². The second-order valence-corrected chi connectivity index (χ2v) is 11.4. The number of carbonyl (C=O) groups is 4. The van der Waals surface area contributed by atoms with Gasteiger partial charge in [-0.05, 0) is 47.2 Å². The van der Waals surface area contributed by atoms with Crippen LogP contribution in [0.2, 0.25) is 0 Å². The number of hydrogen-bond acceptors (Lipinski definition) is 6. The Labute approximate surface area is 261 Å². The highest BCUT2D eigenvalue weighted by Crippen LogP contribution is 2.19. The van der Waals surface area contributed by atoms with E-state index in [0.717, 1.165) is 22.0 Å². The van der Waals surface area contributed by atoms with Crippen LogP contribution in [-0.2, 0) is 38.4 Å². The van der Waals surface area contributed by atoms with E-state index in [1.54, 1.807) is 56.4 Å². The van der Waals surface area contributed by atoms with E-state index >= 15 is 0 Å². The molecule has 0 saturated heterocycles. The number of aromatic nitrogens is 1. The topological polar surface area (TPSA) is 187 Å². The van der Waals surface area contributed by atoms with E-state index in [1.165, 1.54) is 12.1 Å². The summed E-state index contributed by atoms with van der Waals surface area (Å²) in [7, 11) is 0. The number of carboxylic acid groups (broad SMARTS) is 1. The van der Waals surface area contributed by atoms with Crippen LogP contribution in [-0.4, -0.2) is 63.1 Å². The lowest BCUT2D eigenvalue weighted by Gasteiger charge is -2.27. The average molecular weight is 614 g/mol. The molecule has 0 aliphatic heterocycles. The van der Waals surface area contributed by atoms with Crippen molar-refractivity contribution in [2.75, 3.05) is 0 Å². The summed E-state index contributed by atoms with van der Waals surface area (Å²) in [5.41, 5.74) is 9.45. The maximum Gasteiger partial charge on any atom is 0.326 e. The SMILES string of the molecule is CC(C)C(NC(=O)C(Cc1ccc(O)cc1)NC(=O)C(N)Cc1c[nH]c2ccccc12)C(=O)NC(Cc1ccccc1)C(=O)O. The fourth-order valence-corrected chi connectivity index (χ4v) is 5.09. The number of aliphatic carboxylic acids is 1. The predicted octanol–water partition coefficient (Wildman–Crippen LogP) is 2.42. The molecular formula is C34H39N5O6. The number of aromatic hydroxyl groups is 1. The first-order valence-corrected chi connectivity index (χ1v) is 14.8. The predicted molar refractivity (Wildman–Crippen MR) is 170 cm³/mol. The molecule has 11 heteroatoms. The summed E-state index contributed by atoms with van der Waals surface area (Å²) in [4.78, 5) is 55.4. The van der Waals surface area contributed by atoms with Gasteiger partial charge in [0.2, 0.25) is 17.7 Å². The fourth-order valence-electron chi connectivity index (χ4n) is 5.09. The molecule has 1 heterocycles. The monoisotopic (exact) mass is 613 g/mol. The number of phenolic OH excluding ortho intramolecular Hbond substituents is 1. The molecular weight excluding hydrogens is 574 g/mol. The molecule has 11 nitrogen and oxygen atoms in total. The van der Waals surface area contributed by atoms with E-state index in [4.69, 9.17) is 5.73 Å². The molecule has 0 spiro atoms. The Morgan fingerprint density at radius 1 is 0.733 bits per heavy atom. The molecule has 0 aliphatic rings. The number of amides is 3. The van der Waals surface area contributed by atoms with Crippen LogP contribution in [0.15, 0.2) is 85.1 Å². The molecule has 8 N–H and O–H groups in total. The summed E-state index contributed by atoms with van der Waals surface area (Å²) in [6, 6.07) is 18.3. The van der Waals surface area contributed by atoms with E-state index in [0.29, 0.717) is 5.56 Å². The zero-order chi connectivity index (χ0) is 32.5. The van der Waals surface area contributed by atoms with Crippen molar-refractivity contribution >= 4 is 34.6 Å². The average Bonchev–Trinajstić information content (AvgIpc) is 3.42. The molecule has 3 amide bonds. The van der Waals surface area contributed by atoms with Gasteiger partial charge >= 0.3 is 5.97 Å². The van der Waals surface area contributed by atoms with Gasteiger partial charge in [-0.15, -0.1) is 0 Å². The summed E-state index contributed by atoms with van der Waals surface area (Å²) >= 11 is 0. The number of phenols is 1. The van der Waals surface area contributed by atoms with Crippen molar-refractivity contribution in [2.24, 2.45) is 11.7 Å². The number of nitrogens with two attached hydrogens (primary N) is 1. The molecule has 4 rings (SSSR count). The second-order valence-electron chi connectivity index (χ2n) is 11.4. The number of benzene rings is 3. The highest BCUT2D eigenvalue weighted by atomic mass is 16.4. The first kappa shape index (κ1) is 32.7. The Kier molecular flexibility index (Phi) is 10.9. The van der Waals surface area contributed by atoms with Crippen molar-refractivity contribution in [3.8, 4) is 5.75 Å². The van der Waals surface area contributed by atoms with Gasteiger partial charge in [0.1, 0.15) is 23.9 Å². The van der Waals surface area contributed by atoms with Crippen LogP contribution >= 0.6 is 0 Å². The van der Waals surface area contributed by atoms with Crippen molar-refractivity contribution in [1.29, 1.82) is 0 Å². The quantitative estimate of drug-likeness (QED) is 0.114. The van der Waals surface area contributed by atoms with Crippen molar-refractivity contribution < 1.29 is 29.4 Å². The number of nitrogens with one attached hydrogen (secondary N) is 4. The third kappa shape index (κ3) is 8.93. The lowest BCUT2D eigenvalue weighted by atomic mass is 9.99. The summed E-state index contributed by atoms with van der Waals surface area (Å²) in [5, 5.41) is 28.4. The van der Waals surface area contributed by atoms with Gasteiger partial charge in [-0.1, -0.05) is 74.5 Å². The minimum atomic E-state index is -1.21. The molecule has 0 bridgehead atoms. The van der Waals surface area contributed by atoms with Crippen LogP contribution in [0, 0.1) is 5.92 Å². The Morgan fingerprint density at radius 3 is 2.00 bits per heavy atom. The summed E-state index contributed by atoms with van der Waals surface area (Å²) < 4.78 is 0. The van der Waals surface area contributed by atoms with E-state index < -0.39 is 53.8 Å². The normalized spacial score (nSPS) is 13.9. The van der Waals surface area contributed by atoms with Gasteiger partial charge in [0.25, 0.3) is 0 Å². The lowest BCUT2D eigenvalue weighted by molar-refractivity contribution is -0.142. The van der Waals surface area contributed by atoms with Gasteiger partial charge in [0.15, 0.2) is 0 Å². The van der Waals surface area contributed by atoms with Crippen LogP contribution in [0.25, 0.3) is 10.9 Å². The number of carbonyl (C=O) groups excluding carboxylic acids is 3. The molecule has 3 aromatic carbocycles. The molecule has 1 aromatic heterocycles. The van der Waals surface area contributed by atoms with E-state index in [2.05, 4.69) is 20.9 Å². The third-order valence-corrected chi connectivity index (χ3v) is 7.60. The van der Waals surface area contributed by atoms with Crippen LogP contribution in [0.1, 0.15) is 30.5 Å². The molecule has 4 unspecified atom stereocenters. The number of carboxylic acids is 1. The molecule has 45 heavy (non-hydrogen) atoms. The van der Waals surface area contributed by atoms with Gasteiger partial charge in [-0.2, -0.15) is 0 Å². The van der Waals surface area contributed by atoms with Gasteiger partial charge in [0, 0.05) is 29.9 Å². The van der Waals surface area contributed by atoms with Crippen molar-refractivity contribution in [1.82, 2.24) is 20.9 Å². The fraction of sp³-hybridized carbons (Fsp3) is 0.294. The maximum absolute atomic E-state index is 13.7. The standard InChI is InChI=1S/C34H39N5O6/c1-20(2)30(33(43)38-29(34(44)45)17-21-8-4-3-5-9-21)39-32(42)28(16-22-12-14-24(40)15-13-22)37-31(41)26(35)18-23-19-36-27-11-7-6-10-25(23)27/h3-15,19-20,26,28-30,36,40H,16-18,35H2,1-2H3,(H,37,41)(H,38,43)(H,39,42)(H,44,45). The zero-order valence-electron chi connectivity index (χ0n) is 25.2. The molecule has 236 valence electrons. The number of aromatic amines is 1. The van der Waals surface area contributed by atoms with Crippen LogP contribution < -0.4 is 21.7 Å². The van der Waals surface area contributed by atoms with Gasteiger partial charge in [0.05, 0.1) is 6.04 Å². The number of hydrogen-bond donors (Lipinski definition) is 7. The Balaban J connectivity index is 1.49. The Hall–Kier alpha value is -5.16. The summed E-state index contributed by atoms with van der Waals surface area (Å²) in [6.45, 7) is 3.45. The molecule has 0 saturated carbocycles. The zero-order valence-corrected chi connectivity index (χ0v) is 25.2. The van der Waals surface area contributed by atoms with Crippen LogP contribution in [0.4, 0.5) is 0 Å². The largest absolute Gasteiger partial charge is 0.508 e. The second kappa shape index (κ2) is 15.0. The first-order valence-electron chi connectivity index (χ1n) is 14.8.